The predicted molar refractivity (Wildman–Crippen MR) is 21.3 cm³/mol. The summed E-state index contributed by atoms with van der Waals surface area (Å²) in [5, 5.41) is 0. The van der Waals surface area contributed by atoms with Crippen molar-refractivity contribution in [1.29, 1.82) is 0 Å². The van der Waals surface area contributed by atoms with Crippen molar-refractivity contribution in [1.82, 2.24) is 0 Å². The molecule has 0 rings (SSSR count). The van der Waals surface area contributed by atoms with Crippen molar-refractivity contribution in [2.24, 2.45) is 0 Å². The van der Waals surface area contributed by atoms with Gasteiger partial charge in [-0.05, 0) is 11.0 Å². The summed E-state index contributed by atoms with van der Waals surface area (Å²) >= 11 is 0. The van der Waals surface area contributed by atoms with E-state index >= 15 is 0 Å². The van der Waals surface area contributed by atoms with Crippen LogP contribution in [0.2, 0.25) is 0 Å². The van der Waals surface area contributed by atoms with Crippen LogP contribution in [0.25, 0.3) is 0 Å². The van der Waals surface area contributed by atoms with Gasteiger partial charge in [0.2, 0.25) is 0 Å². The minimum absolute atomic E-state index is 0. The molecule has 0 aromatic rings. The van der Waals surface area contributed by atoms with Crippen molar-refractivity contribution < 1.29 is 67.7 Å². The van der Waals surface area contributed by atoms with Gasteiger partial charge in [0.25, 0.3) is 0 Å². The van der Waals surface area contributed by atoms with E-state index in [-0.39, 0.29) is 96.0 Å². The van der Waals surface area contributed by atoms with Crippen molar-refractivity contribution in [2.75, 3.05) is 0 Å². The van der Waals surface area contributed by atoms with Gasteiger partial charge in [-0.3, -0.25) is 0 Å². The molecule has 0 aromatic heterocycles. The minimum atomic E-state index is 0. The third-order valence-corrected chi connectivity index (χ3v) is 0. The third-order valence-electron chi connectivity index (χ3n) is 0. The molecule has 50 valence electrons. The largest absolute Gasteiger partial charge is 0.187 e. The zero-order valence-corrected chi connectivity index (χ0v) is 5.56. The maximum atomic E-state index is 0. The average Bonchev–Trinajstić information content (AvgIpc) is 0. The fourth-order valence-corrected chi connectivity index (χ4v) is 0. The molecule has 0 saturated heterocycles. The fraction of sp³-hybridized carbons (Fsp3) is 0. The Labute approximate surface area is 94.8 Å². The Bertz CT molecular complexity index is 15.5. The molecular formula is H7AlCuFeMnNiSi. The van der Waals surface area contributed by atoms with E-state index in [0.717, 1.165) is 0 Å². The molecule has 0 aliphatic carbocycles. The average molecular weight is 295 g/mol. The van der Waals surface area contributed by atoms with Crippen LogP contribution in [0.5, 0.6) is 0 Å². The molecule has 0 amide bonds. The van der Waals surface area contributed by atoms with Crippen molar-refractivity contribution in [2.45, 2.75) is 0 Å². The Kier molecular flexibility index (Phi) is 523. The molecule has 0 aliphatic heterocycles. The van der Waals surface area contributed by atoms with E-state index in [1.165, 1.54) is 0 Å². The summed E-state index contributed by atoms with van der Waals surface area (Å²) in [5.74, 6) is 0. The second-order valence-electron chi connectivity index (χ2n) is 0. The van der Waals surface area contributed by atoms with Crippen molar-refractivity contribution in [3.63, 3.8) is 0 Å². The van der Waals surface area contributed by atoms with E-state index in [4.69, 9.17) is 0 Å². The van der Waals surface area contributed by atoms with E-state index in [1.807, 2.05) is 0 Å². The van der Waals surface area contributed by atoms with Gasteiger partial charge in [0.1, 0.15) is 0 Å². The molecule has 0 spiro atoms. The Morgan fingerprint density at radius 1 is 1.00 bits per heavy atom. The number of rotatable bonds is 0. The van der Waals surface area contributed by atoms with Gasteiger partial charge in [-0.2, -0.15) is 0 Å². The Hall–Kier alpha value is 2.80. The van der Waals surface area contributed by atoms with E-state index in [1.54, 1.807) is 0 Å². The Morgan fingerprint density at radius 3 is 1.00 bits per heavy atom. The summed E-state index contributed by atoms with van der Waals surface area (Å²) < 4.78 is 0. The zero-order valence-electron chi connectivity index (χ0n) is 1.35. The molecule has 2 radical (unpaired) electrons. The number of hydrogen-bond donors (Lipinski definition) is 0. The molecule has 0 fully saturated rings. The molecule has 0 N–H and O–H groups in total. The van der Waals surface area contributed by atoms with Crippen LogP contribution >= 0.6 is 0 Å². The van der Waals surface area contributed by atoms with Crippen LogP contribution in [0.3, 0.4) is 0 Å². The first kappa shape index (κ1) is 68.3. The van der Waals surface area contributed by atoms with Crippen LogP contribution in [0.15, 0.2) is 0 Å². The van der Waals surface area contributed by atoms with Crippen LogP contribution in [-0.4, -0.2) is 28.3 Å². The van der Waals surface area contributed by atoms with Gasteiger partial charge in [0.05, 0.1) is 0 Å². The monoisotopic (exact) mass is 294 g/mol. The molecule has 0 aromatic carbocycles. The predicted octanol–water partition coefficient (Wildman–Crippen LogP) is -2.65. The Balaban J connectivity index is 0. The minimum Gasteiger partial charge on any atom is -0.0149 e. The van der Waals surface area contributed by atoms with Gasteiger partial charge in [0, 0.05) is 67.7 Å². The molecule has 0 atom stereocenters. The van der Waals surface area contributed by atoms with Gasteiger partial charge in [-0.15, -0.1) is 0 Å². The van der Waals surface area contributed by atoms with Gasteiger partial charge in [-0.1, -0.05) is 0 Å². The topological polar surface area (TPSA) is 0 Å². The summed E-state index contributed by atoms with van der Waals surface area (Å²) in [7, 11) is 0. The summed E-state index contributed by atoms with van der Waals surface area (Å²) in [6, 6.07) is 0. The molecule has 0 heterocycles. The van der Waals surface area contributed by atoms with Gasteiger partial charge in [0.15, 0.2) is 17.4 Å². The molecule has 6 heteroatoms. The van der Waals surface area contributed by atoms with Gasteiger partial charge < -0.3 is 0 Å². The second kappa shape index (κ2) is 46.0. The van der Waals surface area contributed by atoms with E-state index < -0.39 is 0 Å². The standard InChI is InChI=1S/Al.Cu.Fe.Mn.Ni.H4Si.3H/h;;;;;1H4;;;. The van der Waals surface area contributed by atoms with Crippen molar-refractivity contribution >= 4 is 28.3 Å². The van der Waals surface area contributed by atoms with Crippen LogP contribution in [-0.2, 0) is 67.7 Å². The van der Waals surface area contributed by atoms with Crippen molar-refractivity contribution in [3.8, 4) is 0 Å². The van der Waals surface area contributed by atoms with Crippen LogP contribution in [0.4, 0.5) is 0 Å². The summed E-state index contributed by atoms with van der Waals surface area (Å²) in [6.45, 7) is 0. The fourth-order valence-electron chi connectivity index (χ4n) is 0. The first-order valence-electron chi connectivity index (χ1n) is 0. The van der Waals surface area contributed by atoms with Crippen LogP contribution < -0.4 is 0 Å². The van der Waals surface area contributed by atoms with E-state index in [2.05, 4.69) is 0 Å². The summed E-state index contributed by atoms with van der Waals surface area (Å²) in [4.78, 5) is 0. The summed E-state index contributed by atoms with van der Waals surface area (Å²) in [6.07, 6.45) is 0. The quantitative estimate of drug-likeness (QED) is 0.429. The van der Waals surface area contributed by atoms with Crippen LogP contribution in [0, 0.1) is 0 Å². The molecule has 0 saturated carbocycles. The third kappa shape index (κ3) is 29.2. The zero-order chi connectivity index (χ0) is 0. The number of hydrogen-bond acceptors (Lipinski definition) is 0. The molecule has 0 bridgehead atoms. The maximum Gasteiger partial charge on any atom is 0.187 e. The normalized spacial score (nSPS) is 0. The van der Waals surface area contributed by atoms with Gasteiger partial charge in [-0.25, -0.2) is 0 Å². The summed E-state index contributed by atoms with van der Waals surface area (Å²) in [5.41, 5.74) is 0. The van der Waals surface area contributed by atoms with Crippen molar-refractivity contribution in [3.05, 3.63) is 0 Å². The first-order valence-corrected chi connectivity index (χ1v) is 0. The Morgan fingerprint density at radius 2 is 1.00 bits per heavy atom. The second-order valence-corrected chi connectivity index (χ2v) is 0. The molecular weight excluding hydrogens is 288 g/mol. The smallest absolute Gasteiger partial charge is 0.0149 e. The molecule has 0 unspecified atom stereocenters. The SMILES string of the molecule is [AlH3].[Cu].[Fe].[Mn].[Ni].[SiH4]. The molecule has 0 nitrogen and oxygen atoms in total. The first-order chi connectivity index (χ1) is 0. The molecule has 6 heavy (non-hydrogen) atoms. The van der Waals surface area contributed by atoms with E-state index in [0.29, 0.717) is 0 Å². The molecule has 0 aliphatic rings. The van der Waals surface area contributed by atoms with Crippen LogP contribution in [0.1, 0.15) is 0 Å². The van der Waals surface area contributed by atoms with Gasteiger partial charge >= 0.3 is 0 Å². The van der Waals surface area contributed by atoms with E-state index in [9.17, 15) is 0 Å². The maximum absolute atomic E-state index is 0.